The van der Waals surface area contributed by atoms with Gasteiger partial charge >= 0.3 is 17.9 Å². The third kappa shape index (κ3) is 49.9. The third-order valence-electron chi connectivity index (χ3n) is 11.4. The molecule has 0 rings (SSSR count). The maximum atomic E-state index is 12.8. The standard InChI is InChI=1S/C58H100O6/c1-4-7-10-13-16-19-22-25-27-29-31-33-36-39-42-45-48-51-57(60)63-54-55(53-62-56(59)50-47-44-41-38-35-24-21-18-15-12-9-6-3)64-58(61)52-49-46-43-40-37-34-32-30-28-26-23-20-17-14-11-8-5-2/h16-21,25-28,31,33,55H,4-15,22-24,29-30,32,34-54H2,1-3H3/b19-16-,20-17-,21-18-,27-25-,28-26-,33-31-/t55-/m1/s1. The molecule has 0 heterocycles. The summed E-state index contributed by atoms with van der Waals surface area (Å²) >= 11 is 0. The van der Waals surface area contributed by atoms with Gasteiger partial charge in [0.2, 0.25) is 0 Å². The summed E-state index contributed by atoms with van der Waals surface area (Å²) in [7, 11) is 0. The molecule has 6 heteroatoms. The third-order valence-corrected chi connectivity index (χ3v) is 11.4. The van der Waals surface area contributed by atoms with E-state index in [1.54, 1.807) is 0 Å². The molecular weight excluding hydrogens is 793 g/mol. The van der Waals surface area contributed by atoms with E-state index in [-0.39, 0.29) is 31.1 Å². The molecule has 0 fully saturated rings. The number of hydrogen-bond acceptors (Lipinski definition) is 6. The molecule has 64 heavy (non-hydrogen) atoms. The molecule has 1 atom stereocenters. The van der Waals surface area contributed by atoms with Gasteiger partial charge in [0.05, 0.1) is 0 Å². The Bertz CT molecular complexity index is 1210. The van der Waals surface area contributed by atoms with E-state index in [9.17, 15) is 14.4 Å². The first-order chi connectivity index (χ1) is 31.5. The van der Waals surface area contributed by atoms with Crippen molar-refractivity contribution in [1.82, 2.24) is 0 Å². The van der Waals surface area contributed by atoms with Crippen molar-refractivity contribution in [3.63, 3.8) is 0 Å². The van der Waals surface area contributed by atoms with Crippen molar-refractivity contribution in [3.8, 4) is 0 Å². The molecule has 0 unspecified atom stereocenters. The van der Waals surface area contributed by atoms with Crippen LogP contribution in [0.4, 0.5) is 0 Å². The van der Waals surface area contributed by atoms with E-state index in [0.29, 0.717) is 19.3 Å². The molecule has 0 saturated heterocycles. The van der Waals surface area contributed by atoms with E-state index >= 15 is 0 Å². The average molecular weight is 893 g/mol. The van der Waals surface area contributed by atoms with Crippen LogP contribution < -0.4 is 0 Å². The lowest BCUT2D eigenvalue weighted by Gasteiger charge is -2.18. The smallest absolute Gasteiger partial charge is 0.306 e. The summed E-state index contributed by atoms with van der Waals surface area (Å²) < 4.78 is 16.8. The largest absolute Gasteiger partial charge is 0.462 e. The van der Waals surface area contributed by atoms with Gasteiger partial charge in [-0.2, -0.15) is 0 Å². The van der Waals surface area contributed by atoms with Crippen LogP contribution in [-0.2, 0) is 28.6 Å². The van der Waals surface area contributed by atoms with Crippen LogP contribution in [0, 0.1) is 0 Å². The summed E-state index contributed by atoms with van der Waals surface area (Å²) in [6.45, 7) is 6.53. The van der Waals surface area contributed by atoms with Gasteiger partial charge in [-0.1, -0.05) is 196 Å². The van der Waals surface area contributed by atoms with Crippen molar-refractivity contribution in [2.24, 2.45) is 0 Å². The summed E-state index contributed by atoms with van der Waals surface area (Å²) in [6, 6.07) is 0. The fourth-order valence-electron chi connectivity index (χ4n) is 7.30. The highest BCUT2D eigenvalue weighted by molar-refractivity contribution is 5.71. The van der Waals surface area contributed by atoms with Crippen molar-refractivity contribution in [2.45, 2.75) is 264 Å². The first-order valence-electron chi connectivity index (χ1n) is 26.9. The van der Waals surface area contributed by atoms with Crippen molar-refractivity contribution in [2.75, 3.05) is 13.2 Å². The monoisotopic (exact) mass is 893 g/mol. The lowest BCUT2D eigenvalue weighted by molar-refractivity contribution is -0.167. The molecule has 0 aromatic carbocycles. The van der Waals surface area contributed by atoms with E-state index in [1.807, 2.05) is 0 Å². The van der Waals surface area contributed by atoms with Crippen molar-refractivity contribution >= 4 is 17.9 Å². The van der Waals surface area contributed by atoms with Crippen LogP contribution in [0.5, 0.6) is 0 Å². The van der Waals surface area contributed by atoms with Gasteiger partial charge in [-0.25, -0.2) is 0 Å². The van der Waals surface area contributed by atoms with Crippen LogP contribution in [-0.4, -0.2) is 37.2 Å². The minimum atomic E-state index is -0.792. The van der Waals surface area contributed by atoms with Crippen LogP contribution in [0.3, 0.4) is 0 Å². The molecule has 0 aliphatic carbocycles. The lowest BCUT2D eigenvalue weighted by Crippen LogP contribution is -2.30. The molecular formula is C58H100O6. The summed E-state index contributed by atoms with van der Waals surface area (Å²) in [5, 5.41) is 0. The van der Waals surface area contributed by atoms with E-state index in [4.69, 9.17) is 14.2 Å². The fraction of sp³-hybridized carbons (Fsp3) is 0.741. The Kier molecular flexibility index (Phi) is 49.9. The average Bonchev–Trinajstić information content (AvgIpc) is 3.29. The number of carbonyl (C=O) groups is 3. The Balaban J connectivity index is 4.43. The molecule has 6 nitrogen and oxygen atoms in total. The minimum absolute atomic E-state index is 0.0904. The molecule has 0 N–H and O–H groups in total. The van der Waals surface area contributed by atoms with Gasteiger partial charge in [0.25, 0.3) is 0 Å². The Morgan fingerprint density at radius 1 is 0.312 bits per heavy atom. The number of unbranched alkanes of at least 4 members (excludes halogenated alkanes) is 25. The van der Waals surface area contributed by atoms with Crippen LogP contribution in [0.25, 0.3) is 0 Å². The second-order valence-corrected chi connectivity index (χ2v) is 17.8. The number of esters is 3. The quantitative estimate of drug-likeness (QED) is 0.0262. The summed E-state index contributed by atoms with van der Waals surface area (Å²) in [5.41, 5.74) is 0. The maximum absolute atomic E-state index is 12.8. The van der Waals surface area contributed by atoms with E-state index < -0.39 is 6.10 Å². The van der Waals surface area contributed by atoms with Gasteiger partial charge in [-0.05, 0) is 116 Å². The van der Waals surface area contributed by atoms with Crippen LogP contribution in [0.1, 0.15) is 258 Å². The normalized spacial score (nSPS) is 12.6. The molecule has 0 bridgehead atoms. The van der Waals surface area contributed by atoms with Gasteiger partial charge in [0.1, 0.15) is 13.2 Å². The van der Waals surface area contributed by atoms with Crippen molar-refractivity contribution in [3.05, 3.63) is 72.9 Å². The summed E-state index contributed by atoms with van der Waals surface area (Å²) in [5.74, 6) is -0.926. The fourth-order valence-corrected chi connectivity index (χ4v) is 7.30. The Hall–Kier alpha value is -3.15. The molecule has 0 spiro atoms. The van der Waals surface area contributed by atoms with Crippen LogP contribution in [0.2, 0.25) is 0 Å². The Morgan fingerprint density at radius 2 is 0.562 bits per heavy atom. The van der Waals surface area contributed by atoms with Crippen molar-refractivity contribution < 1.29 is 28.6 Å². The van der Waals surface area contributed by atoms with Gasteiger partial charge < -0.3 is 14.2 Å². The predicted octanol–water partition coefficient (Wildman–Crippen LogP) is 17.8. The van der Waals surface area contributed by atoms with Gasteiger partial charge in [0, 0.05) is 19.3 Å². The first-order valence-corrected chi connectivity index (χ1v) is 26.9. The highest BCUT2D eigenvalue weighted by atomic mass is 16.6. The van der Waals surface area contributed by atoms with E-state index in [2.05, 4.69) is 93.7 Å². The molecule has 0 amide bonds. The zero-order valence-electron chi connectivity index (χ0n) is 42.0. The van der Waals surface area contributed by atoms with Gasteiger partial charge in [0.15, 0.2) is 6.10 Å². The zero-order chi connectivity index (χ0) is 46.5. The second-order valence-electron chi connectivity index (χ2n) is 17.8. The number of carbonyl (C=O) groups excluding carboxylic acids is 3. The second kappa shape index (κ2) is 52.5. The molecule has 368 valence electrons. The minimum Gasteiger partial charge on any atom is -0.462 e. The number of hydrogen-bond donors (Lipinski definition) is 0. The predicted molar refractivity (Wildman–Crippen MR) is 274 cm³/mol. The van der Waals surface area contributed by atoms with Gasteiger partial charge in [-0.3, -0.25) is 14.4 Å². The number of ether oxygens (including phenoxy) is 3. The van der Waals surface area contributed by atoms with Crippen LogP contribution in [0.15, 0.2) is 72.9 Å². The lowest BCUT2D eigenvalue weighted by atomic mass is 10.1. The van der Waals surface area contributed by atoms with E-state index in [0.717, 1.165) is 103 Å². The highest BCUT2D eigenvalue weighted by Gasteiger charge is 2.19. The highest BCUT2D eigenvalue weighted by Crippen LogP contribution is 2.14. The molecule has 0 aromatic rings. The Morgan fingerprint density at radius 3 is 0.891 bits per heavy atom. The number of allylic oxidation sites excluding steroid dienone is 12. The summed E-state index contributed by atoms with van der Waals surface area (Å²) in [6.07, 6.45) is 65.9. The Labute approximate surface area is 395 Å². The zero-order valence-corrected chi connectivity index (χ0v) is 42.0. The molecule has 0 saturated carbocycles. The van der Waals surface area contributed by atoms with Crippen molar-refractivity contribution in [1.29, 1.82) is 0 Å². The summed E-state index contributed by atoms with van der Waals surface area (Å²) in [4.78, 5) is 38.0. The number of rotatable bonds is 48. The molecule has 0 radical (unpaired) electrons. The first kappa shape index (κ1) is 60.9. The van der Waals surface area contributed by atoms with E-state index in [1.165, 1.54) is 116 Å². The molecule has 0 aliphatic rings. The van der Waals surface area contributed by atoms with Crippen LogP contribution >= 0.6 is 0 Å². The molecule has 0 aromatic heterocycles. The topological polar surface area (TPSA) is 78.9 Å². The molecule has 0 aliphatic heterocycles. The SMILES string of the molecule is CCCCC/C=C\C/C=C\C/C=C\CCCCCCC(=O)OC[C@@H](COC(=O)CCCCCCC/C=C\CCCCC)OC(=O)CCCCCCCCC/C=C\C/C=C\CCCCC. The van der Waals surface area contributed by atoms with Gasteiger partial charge in [-0.15, -0.1) is 0 Å². The maximum Gasteiger partial charge on any atom is 0.306 e.